The largest absolute Gasteiger partial charge is 0.510 e. The number of rotatable bonds is 2. The Labute approximate surface area is 219 Å². The smallest absolute Gasteiger partial charge is 0.209 e. The quantitative estimate of drug-likeness (QED) is 0.427. The molecule has 0 spiro atoms. The third-order valence-corrected chi connectivity index (χ3v) is 8.79. The second kappa shape index (κ2) is 8.21. The molecule has 0 fully saturated rings. The Hall–Kier alpha value is -3.08. The number of aliphatic hydroxyl groups is 3. The lowest BCUT2D eigenvalue weighted by Gasteiger charge is -2.50. The maximum absolute atomic E-state index is 15.9. The molecule has 204 valence electrons. The number of ketones is 3. The lowest BCUT2D eigenvalue weighted by atomic mass is 9.58. The summed E-state index contributed by atoms with van der Waals surface area (Å²) in [7, 11) is 3.18. The standard InChI is InChI=1S/C28H33FN2O7/c1-11(32)17-24(35)21(30(5)6)16-8-12-7-13-19(23(34)18(12)26(37)28(16,38)25(17)36)22(33)15-10-31(27(2,3)4)9-14(15)20(13)29/h12,16,21,33,35,37-38H,7-10H2,1-6H3/t12-,16-,21-,28+/m0/s1. The van der Waals surface area contributed by atoms with Gasteiger partial charge in [-0.25, -0.2) is 4.39 Å². The van der Waals surface area contributed by atoms with Gasteiger partial charge in [-0.2, -0.15) is 0 Å². The van der Waals surface area contributed by atoms with E-state index in [1.54, 1.807) is 14.1 Å². The molecule has 1 heterocycles. The van der Waals surface area contributed by atoms with E-state index in [0.717, 1.165) is 6.92 Å². The summed E-state index contributed by atoms with van der Waals surface area (Å²) < 4.78 is 15.9. The first-order chi connectivity index (χ1) is 17.5. The van der Waals surface area contributed by atoms with Gasteiger partial charge in [-0.15, -0.1) is 0 Å². The van der Waals surface area contributed by atoms with Crippen LogP contribution in [0.15, 0.2) is 22.7 Å². The van der Waals surface area contributed by atoms with Crippen LogP contribution in [0.5, 0.6) is 5.75 Å². The summed E-state index contributed by atoms with van der Waals surface area (Å²) in [4.78, 5) is 43.0. The molecule has 1 aromatic rings. The zero-order valence-corrected chi connectivity index (χ0v) is 22.3. The van der Waals surface area contributed by atoms with Gasteiger partial charge in [-0.05, 0) is 60.5 Å². The molecule has 38 heavy (non-hydrogen) atoms. The van der Waals surface area contributed by atoms with Crippen LogP contribution in [0.4, 0.5) is 4.39 Å². The van der Waals surface area contributed by atoms with Crippen LogP contribution in [0.25, 0.3) is 0 Å². The number of carbonyl (C=O) groups is 3. The first-order valence-corrected chi connectivity index (χ1v) is 12.7. The van der Waals surface area contributed by atoms with Gasteiger partial charge in [0.2, 0.25) is 5.78 Å². The van der Waals surface area contributed by atoms with Gasteiger partial charge in [0.05, 0.1) is 11.6 Å². The molecular formula is C28H33FN2O7. The minimum atomic E-state index is -2.64. The van der Waals surface area contributed by atoms with E-state index in [1.807, 2.05) is 25.7 Å². The summed E-state index contributed by atoms with van der Waals surface area (Å²) in [5.74, 6) is -7.07. The van der Waals surface area contributed by atoms with Gasteiger partial charge in [-0.1, -0.05) is 0 Å². The normalized spacial score (nSPS) is 29.4. The maximum Gasteiger partial charge on any atom is 0.209 e. The van der Waals surface area contributed by atoms with Crippen molar-refractivity contribution >= 4 is 17.3 Å². The molecule has 4 N–H and O–H groups in total. The number of allylic oxidation sites excluding steroid dienone is 1. The number of phenolic OH excluding ortho intramolecular Hbond substituents is 1. The SMILES string of the molecule is CC(=O)C1=C(O)[C@@H](N(C)C)[C@@H]2C[C@@H]3Cc4c(F)c5c(c(O)c4C(=O)C3=C(O)[C@]2(O)C1=O)CN(C(C)(C)C)C5. The summed E-state index contributed by atoms with van der Waals surface area (Å²) in [5.41, 5.74) is -3.45. The zero-order valence-electron chi connectivity index (χ0n) is 22.3. The first-order valence-electron chi connectivity index (χ1n) is 12.7. The second-order valence-electron chi connectivity index (χ2n) is 12.2. The Balaban J connectivity index is 1.70. The number of halogens is 1. The number of aromatic hydroxyl groups is 1. The number of fused-ring (bicyclic) bond motifs is 4. The lowest BCUT2D eigenvalue weighted by molar-refractivity contribution is -0.148. The molecule has 0 amide bonds. The fraction of sp³-hybridized carbons (Fsp3) is 0.536. The highest BCUT2D eigenvalue weighted by molar-refractivity contribution is 6.25. The van der Waals surface area contributed by atoms with Crippen LogP contribution in [-0.2, 0) is 29.1 Å². The Morgan fingerprint density at radius 1 is 1.08 bits per heavy atom. The molecule has 5 rings (SSSR count). The van der Waals surface area contributed by atoms with Gasteiger partial charge >= 0.3 is 0 Å². The molecule has 3 aliphatic carbocycles. The molecule has 9 nitrogen and oxygen atoms in total. The fourth-order valence-corrected chi connectivity index (χ4v) is 6.80. The van der Waals surface area contributed by atoms with E-state index in [0.29, 0.717) is 11.1 Å². The van der Waals surface area contributed by atoms with Crippen molar-refractivity contribution in [3.8, 4) is 5.75 Å². The van der Waals surface area contributed by atoms with Crippen molar-refractivity contribution in [3.05, 3.63) is 50.7 Å². The molecule has 0 saturated heterocycles. The number of benzene rings is 1. The summed E-state index contributed by atoms with van der Waals surface area (Å²) in [6.07, 6.45) is -0.0933. The highest BCUT2D eigenvalue weighted by atomic mass is 19.1. The van der Waals surface area contributed by atoms with Crippen molar-refractivity contribution < 1.29 is 39.2 Å². The number of phenols is 1. The molecule has 10 heteroatoms. The van der Waals surface area contributed by atoms with Crippen molar-refractivity contribution in [1.29, 1.82) is 0 Å². The van der Waals surface area contributed by atoms with E-state index in [9.17, 15) is 34.8 Å². The predicted octanol–water partition coefficient (Wildman–Crippen LogP) is 2.48. The van der Waals surface area contributed by atoms with Crippen LogP contribution in [0.3, 0.4) is 0 Å². The molecule has 1 aliphatic heterocycles. The van der Waals surface area contributed by atoms with Crippen molar-refractivity contribution in [2.24, 2.45) is 11.8 Å². The first kappa shape index (κ1) is 26.5. The highest BCUT2D eigenvalue weighted by Crippen LogP contribution is 2.53. The van der Waals surface area contributed by atoms with Crippen molar-refractivity contribution in [2.75, 3.05) is 14.1 Å². The van der Waals surface area contributed by atoms with Crippen molar-refractivity contribution in [3.63, 3.8) is 0 Å². The van der Waals surface area contributed by atoms with Crippen LogP contribution in [0.2, 0.25) is 0 Å². The molecule has 0 bridgehead atoms. The second-order valence-corrected chi connectivity index (χ2v) is 12.2. The van der Waals surface area contributed by atoms with Crippen LogP contribution < -0.4 is 0 Å². The van der Waals surface area contributed by atoms with E-state index in [4.69, 9.17) is 0 Å². The molecule has 0 aromatic heterocycles. The van der Waals surface area contributed by atoms with Gasteiger partial charge in [0, 0.05) is 46.8 Å². The maximum atomic E-state index is 15.9. The summed E-state index contributed by atoms with van der Waals surface area (Å²) in [5, 5.41) is 45.2. The van der Waals surface area contributed by atoms with E-state index in [1.165, 1.54) is 4.90 Å². The van der Waals surface area contributed by atoms with Gasteiger partial charge < -0.3 is 20.4 Å². The number of aliphatic hydroxyl groups excluding tert-OH is 2. The van der Waals surface area contributed by atoms with E-state index in [2.05, 4.69) is 0 Å². The Bertz CT molecular complexity index is 1390. The van der Waals surface area contributed by atoms with Gasteiger partial charge in [0.1, 0.15) is 28.7 Å². The molecule has 1 aromatic carbocycles. The summed E-state index contributed by atoms with van der Waals surface area (Å²) >= 11 is 0. The molecule has 0 radical (unpaired) electrons. The van der Waals surface area contributed by atoms with Crippen LogP contribution >= 0.6 is 0 Å². The van der Waals surface area contributed by atoms with Crippen molar-refractivity contribution in [2.45, 2.75) is 70.8 Å². The highest BCUT2D eigenvalue weighted by Gasteiger charge is 2.63. The summed E-state index contributed by atoms with van der Waals surface area (Å²) in [6.45, 7) is 7.48. The number of hydrogen-bond acceptors (Lipinski definition) is 9. The van der Waals surface area contributed by atoms with Crippen LogP contribution in [0.1, 0.15) is 61.2 Å². The number of carbonyl (C=O) groups excluding carboxylic acids is 3. The number of nitrogens with zero attached hydrogens (tertiary/aromatic N) is 2. The average Bonchev–Trinajstić information content (AvgIpc) is 3.26. The minimum Gasteiger partial charge on any atom is -0.510 e. The predicted molar refractivity (Wildman–Crippen MR) is 134 cm³/mol. The fourth-order valence-electron chi connectivity index (χ4n) is 6.80. The summed E-state index contributed by atoms with van der Waals surface area (Å²) in [6, 6.07) is -1.02. The topological polar surface area (TPSA) is 139 Å². The van der Waals surface area contributed by atoms with Crippen molar-refractivity contribution in [1.82, 2.24) is 9.80 Å². The Morgan fingerprint density at radius 2 is 1.68 bits per heavy atom. The molecular weight excluding hydrogens is 495 g/mol. The van der Waals surface area contributed by atoms with Gasteiger partial charge in [0.15, 0.2) is 17.2 Å². The van der Waals surface area contributed by atoms with E-state index >= 15 is 4.39 Å². The molecule has 4 aliphatic rings. The van der Waals surface area contributed by atoms with Crippen LogP contribution in [0, 0.1) is 17.7 Å². The minimum absolute atomic E-state index is 0.0433. The zero-order chi connectivity index (χ0) is 28.2. The van der Waals surface area contributed by atoms with Gasteiger partial charge in [-0.3, -0.25) is 24.2 Å². The number of Topliss-reactive ketones (excluding diaryl/α,β-unsaturated/α-hetero) is 3. The number of hydrogen-bond donors (Lipinski definition) is 4. The van der Waals surface area contributed by atoms with Crippen LogP contribution in [-0.4, -0.2) is 78.9 Å². The van der Waals surface area contributed by atoms with E-state index in [-0.39, 0.29) is 53.9 Å². The molecule has 0 unspecified atom stereocenters. The average molecular weight is 529 g/mol. The molecule has 4 atom stereocenters. The monoisotopic (exact) mass is 528 g/mol. The Kier molecular flexibility index (Phi) is 5.73. The third-order valence-electron chi connectivity index (χ3n) is 8.79. The number of likely N-dealkylation sites (N-methyl/N-ethyl adjacent to an activating group) is 1. The third kappa shape index (κ3) is 3.29. The lowest BCUT2D eigenvalue weighted by Crippen LogP contribution is -2.63. The van der Waals surface area contributed by atoms with E-state index < -0.39 is 63.7 Å². The Morgan fingerprint density at radius 3 is 2.24 bits per heavy atom. The molecule has 0 saturated carbocycles. The van der Waals surface area contributed by atoms with Gasteiger partial charge in [0.25, 0.3) is 0 Å².